The molecule has 1 unspecified atom stereocenters. The molecule has 1 heterocycles. The molecule has 0 aliphatic heterocycles. The van der Waals surface area contributed by atoms with Crippen molar-refractivity contribution in [3.8, 4) is 0 Å². The van der Waals surface area contributed by atoms with Crippen LogP contribution in [-0.2, 0) is 6.42 Å². The molecule has 1 aromatic rings. The van der Waals surface area contributed by atoms with Crippen LogP contribution in [0.5, 0.6) is 0 Å². The van der Waals surface area contributed by atoms with Gasteiger partial charge >= 0.3 is 0 Å². The van der Waals surface area contributed by atoms with Gasteiger partial charge in [-0.25, -0.2) is 0 Å². The molecule has 96 valence electrons. The van der Waals surface area contributed by atoms with Gasteiger partial charge in [-0.3, -0.25) is 4.98 Å². The van der Waals surface area contributed by atoms with E-state index in [4.69, 9.17) is 11.6 Å². The van der Waals surface area contributed by atoms with Crippen LogP contribution in [0.1, 0.15) is 32.8 Å². The van der Waals surface area contributed by atoms with E-state index in [0.29, 0.717) is 5.92 Å². The van der Waals surface area contributed by atoms with Gasteiger partial charge in [-0.15, -0.1) is 0 Å². The van der Waals surface area contributed by atoms with Crippen LogP contribution in [0.2, 0.25) is 5.02 Å². The zero-order chi connectivity index (χ0) is 12.7. The zero-order valence-electron chi connectivity index (χ0n) is 11.0. The van der Waals surface area contributed by atoms with Crippen LogP contribution in [-0.4, -0.2) is 18.1 Å². The Kier molecular flexibility index (Phi) is 6.53. The average Bonchev–Trinajstić information content (AvgIpc) is 2.27. The van der Waals surface area contributed by atoms with Crippen LogP contribution >= 0.6 is 11.6 Å². The number of halogens is 1. The van der Waals surface area contributed by atoms with Gasteiger partial charge in [0.05, 0.1) is 5.02 Å². The Labute approximate surface area is 110 Å². The summed E-state index contributed by atoms with van der Waals surface area (Å²) in [5.41, 5.74) is 1.21. The quantitative estimate of drug-likeness (QED) is 0.805. The number of hydrogen-bond donors (Lipinski definition) is 1. The van der Waals surface area contributed by atoms with Crippen molar-refractivity contribution in [3.63, 3.8) is 0 Å². The molecule has 0 spiro atoms. The molecule has 2 nitrogen and oxygen atoms in total. The van der Waals surface area contributed by atoms with Crippen molar-refractivity contribution in [3.05, 3.63) is 29.0 Å². The Bertz CT molecular complexity index is 326. The summed E-state index contributed by atoms with van der Waals surface area (Å²) in [5, 5.41) is 4.28. The molecule has 0 amide bonds. The molecule has 0 saturated carbocycles. The second-order valence-electron chi connectivity index (χ2n) is 5.16. The number of aromatic nitrogens is 1. The first-order chi connectivity index (χ1) is 8.09. The molecule has 1 rings (SSSR count). The maximum Gasteiger partial charge on any atom is 0.0621 e. The number of nitrogens with zero attached hydrogens (tertiary/aromatic N) is 1. The summed E-state index contributed by atoms with van der Waals surface area (Å²) in [7, 11) is 0. The Morgan fingerprint density at radius 2 is 2.06 bits per heavy atom. The Hall–Kier alpha value is -0.600. The molecule has 0 bridgehead atoms. The number of nitrogens with one attached hydrogen (secondary N) is 1. The van der Waals surface area contributed by atoms with Crippen LogP contribution in [0, 0.1) is 11.8 Å². The molecule has 0 aliphatic carbocycles. The minimum Gasteiger partial charge on any atom is -0.316 e. The fraction of sp³-hybridized carbons (Fsp3) is 0.643. The molecule has 0 saturated heterocycles. The van der Waals surface area contributed by atoms with E-state index in [-0.39, 0.29) is 0 Å². The monoisotopic (exact) mass is 254 g/mol. The topological polar surface area (TPSA) is 24.9 Å². The summed E-state index contributed by atoms with van der Waals surface area (Å²) in [6, 6.07) is 2.01. The average molecular weight is 255 g/mol. The third kappa shape index (κ3) is 6.04. The van der Waals surface area contributed by atoms with Gasteiger partial charge in [0.25, 0.3) is 0 Å². The molecule has 1 atom stereocenters. The molecule has 0 fully saturated rings. The standard InChI is InChI=1S/C14H23ClN2/c1-11(2)8-17-9-12(3)4-5-13-6-7-16-10-14(13)15/h6-7,10-12,17H,4-5,8-9H2,1-3H3. The van der Waals surface area contributed by atoms with E-state index in [1.54, 1.807) is 6.20 Å². The molecule has 1 N–H and O–H groups in total. The van der Waals surface area contributed by atoms with E-state index >= 15 is 0 Å². The number of aryl methyl sites for hydroxylation is 1. The predicted molar refractivity (Wildman–Crippen MR) is 74.4 cm³/mol. The van der Waals surface area contributed by atoms with E-state index in [1.807, 2.05) is 12.3 Å². The summed E-state index contributed by atoms with van der Waals surface area (Å²) in [4.78, 5) is 4.00. The second kappa shape index (κ2) is 7.67. The maximum absolute atomic E-state index is 6.08. The summed E-state index contributed by atoms with van der Waals surface area (Å²) in [6.45, 7) is 8.92. The molecule has 3 heteroatoms. The first kappa shape index (κ1) is 14.5. The van der Waals surface area contributed by atoms with E-state index in [1.165, 1.54) is 5.56 Å². The molecule has 1 aromatic heterocycles. The highest BCUT2D eigenvalue weighted by Crippen LogP contribution is 2.17. The minimum absolute atomic E-state index is 0.679. The van der Waals surface area contributed by atoms with Crippen LogP contribution in [0.25, 0.3) is 0 Å². The molecule has 17 heavy (non-hydrogen) atoms. The van der Waals surface area contributed by atoms with Crippen molar-refractivity contribution in [2.24, 2.45) is 11.8 Å². The summed E-state index contributed by atoms with van der Waals surface area (Å²) in [5.74, 6) is 1.40. The van der Waals surface area contributed by atoms with Gasteiger partial charge in [0, 0.05) is 12.4 Å². The Morgan fingerprint density at radius 1 is 1.29 bits per heavy atom. The van der Waals surface area contributed by atoms with Crippen molar-refractivity contribution in [1.82, 2.24) is 10.3 Å². The SMILES string of the molecule is CC(C)CNCC(C)CCc1ccncc1Cl. The fourth-order valence-corrected chi connectivity index (χ4v) is 1.94. The molecular weight excluding hydrogens is 232 g/mol. The van der Waals surface area contributed by atoms with E-state index in [2.05, 4.69) is 31.1 Å². The van der Waals surface area contributed by atoms with Crippen LogP contribution < -0.4 is 5.32 Å². The molecule has 0 aromatic carbocycles. The second-order valence-corrected chi connectivity index (χ2v) is 5.57. The predicted octanol–water partition coefficient (Wildman–Crippen LogP) is 3.55. The third-order valence-corrected chi connectivity index (χ3v) is 3.15. The van der Waals surface area contributed by atoms with Crippen LogP contribution in [0.3, 0.4) is 0 Å². The van der Waals surface area contributed by atoms with Gasteiger partial charge in [0.15, 0.2) is 0 Å². The highest BCUT2D eigenvalue weighted by Gasteiger charge is 2.05. The maximum atomic E-state index is 6.08. The zero-order valence-corrected chi connectivity index (χ0v) is 11.8. The lowest BCUT2D eigenvalue weighted by Crippen LogP contribution is -2.25. The van der Waals surface area contributed by atoms with Gasteiger partial charge < -0.3 is 5.32 Å². The number of pyridine rings is 1. The highest BCUT2D eigenvalue weighted by atomic mass is 35.5. The molecular formula is C14H23ClN2. The lowest BCUT2D eigenvalue weighted by molar-refractivity contribution is 0.454. The lowest BCUT2D eigenvalue weighted by atomic mass is 10.0. The lowest BCUT2D eigenvalue weighted by Gasteiger charge is -2.14. The normalized spacial score (nSPS) is 13.0. The van der Waals surface area contributed by atoms with Gasteiger partial charge in [-0.1, -0.05) is 32.4 Å². The molecule has 0 radical (unpaired) electrons. The van der Waals surface area contributed by atoms with Crippen molar-refractivity contribution >= 4 is 11.6 Å². The van der Waals surface area contributed by atoms with Crippen LogP contribution in [0.4, 0.5) is 0 Å². The number of hydrogen-bond acceptors (Lipinski definition) is 2. The third-order valence-electron chi connectivity index (χ3n) is 2.81. The van der Waals surface area contributed by atoms with Gasteiger partial charge in [-0.2, -0.15) is 0 Å². The largest absolute Gasteiger partial charge is 0.316 e. The van der Waals surface area contributed by atoms with E-state index < -0.39 is 0 Å². The Balaban J connectivity index is 2.24. The first-order valence-corrected chi connectivity index (χ1v) is 6.76. The number of rotatable bonds is 7. The molecule has 0 aliphatic rings. The van der Waals surface area contributed by atoms with Gasteiger partial charge in [0.2, 0.25) is 0 Å². The van der Waals surface area contributed by atoms with Crippen molar-refractivity contribution in [2.75, 3.05) is 13.1 Å². The van der Waals surface area contributed by atoms with Crippen molar-refractivity contribution in [2.45, 2.75) is 33.6 Å². The first-order valence-electron chi connectivity index (χ1n) is 6.38. The van der Waals surface area contributed by atoms with E-state index in [9.17, 15) is 0 Å². The summed E-state index contributed by atoms with van der Waals surface area (Å²) >= 11 is 6.08. The highest BCUT2D eigenvalue weighted by molar-refractivity contribution is 6.31. The van der Waals surface area contributed by atoms with Gasteiger partial charge in [0.1, 0.15) is 0 Å². The smallest absolute Gasteiger partial charge is 0.0621 e. The summed E-state index contributed by atoms with van der Waals surface area (Å²) < 4.78 is 0. The minimum atomic E-state index is 0.679. The Morgan fingerprint density at radius 3 is 2.71 bits per heavy atom. The van der Waals surface area contributed by atoms with Crippen LogP contribution in [0.15, 0.2) is 18.5 Å². The van der Waals surface area contributed by atoms with Crippen molar-refractivity contribution < 1.29 is 0 Å². The van der Waals surface area contributed by atoms with E-state index in [0.717, 1.165) is 36.9 Å². The summed E-state index contributed by atoms with van der Waals surface area (Å²) in [6.07, 6.45) is 5.72. The fourth-order valence-electron chi connectivity index (χ4n) is 1.73. The van der Waals surface area contributed by atoms with Gasteiger partial charge in [-0.05, 0) is 49.4 Å². The van der Waals surface area contributed by atoms with Crippen molar-refractivity contribution in [1.29, 1.82) is 0 Å².